The molecule has 29 heavy (non-hydrogen) atoms. The van der Waals surface area contributed by atoms with Gasteiger partial charge in [0.15, 0.2) is 5.89 Å². The molecule has 0 radical (unpaired) electrons. The molecule has 0 aliphatic carbocycles. The molecule has 2 fully saturated rings. The molecular formula is C22H27N3O4. The molecule has 1 aromatic heterocycles. The molecule has 2 aliphatic rings. The van der Waals surface area contributed by atoms with Crippen LogP contribution in [0.2, 0.25) is 0 Å². The van der Waals surface area contributed by atoms with E-state index in [1.165, 1.54) is 7.11 Å². The van der Waals surface area contributed by atoms with Crippen LogP contribution in [0.25, 0.3) is 0 Å². The van der Waals surface area contributed by atoms with Crippen LogP contribution in [-0.2, 0) is 20.7 Å². The topological polar surface area (TPSA) is 75.9 Å². The van der Waals surface area contributed by atoms with Gasteiger partial charge < -0.3 is 19.0 Å². The number of benzene rings is 1. The summed E-state index contributed by atoms with van der Waals surface area (Å²) >= 11 is 0. The molecule has 3 heterocycles. The smallest absolute Gasteiger partial charge is 0.248 e. The van der Waals surface area contributed by atoms with Crippen molar-refractivity contribution < 1.29 is 18.7 Å². The van der Waals surface area contributed by atoms with E-state index in [4.69, 9.17) is 9.15 Å². The average molecular weight is 397 g/mol. The van der Waals surface area contributed by atoms with Crippen LogP contribution in [-0.4, -0.2) is 66.5 Å². The highest BCUT2D eigenvalue weighted by molar-refractivity contribution is 5.79. The Labute approximate surface area is 170 Å². The number of nitrogens with zero attached hydrogens (tertiary/aromatic N) is 3. The third-order valence-corrected chi connectivity index (χ3v) is 6.33. The lowest BCUT2D eigenvalue weighted by Gasteiger charge is -2.41. The predicted molar refractivity (Wildman–Crippen MR) is 106 cm³/mol. The summed E-state index contributed by atoms with van der Waals surface area (Å²) in [5.41, 5.74) is 0.922. The number of ether oxygens (including phenoxy) is 1. The molecule has 0 unspecified atom stereocenters. The molecule has 2 saturated heterocycles. The lowest BCUT2D eigenvalue weighted by atomic mass is 9.70. The standard InChI is InChI=1S/C22H27N3O4/c1-28-15-20(27)25-14-18(21-23-9-12-29-21)22(16-25)7-10-24(11-8-22)19(26)13-17-5-3-2-4-6-17/h2-6,9,12,18H,7-8,10-11,13-16H2,1H3/t18-/m1/s1. The second kappa shape index (κ2) is 8.37. The number of amides is 2. The van der Waals surface area contributed by atoms with Crippen molar-refractivity contribution in [3.05, 3.63) is 54.2 Å². The predicted octanol–water partition coefficient (Wildman–Crippen LogP) is 2.10. The van der Waals surface area contributed by atoms with E-state index in [1.54, 1.807) is 12.5 Å². The van der Waals surface area contributed by atoms with Gasteiger partial charge in [0.2, 0.25) is 11.8 Å². The van der Waals surface area contributed by atoms with Crippen LogP contribution < -0.4 is 0 Å². The number of oxazole rings is 1. The zero-order valence-electron chi connectivity index (χ0n) is 16.8. The quantitative estimate of drug-likeness (QED) is 0.772. The number of hydrogen-bond acceptors (Lipinski definition) is 5. The number of carbonyl (C=O) groups excluding carboxylic acids is 2. The first kappa shape index (κ1) is 19.6. The first-order valence-electron chi connectivity index (χ1n) is 10.1. The van der Waals surface area contributed by atoms with E-state index in [9.17, 15) is 9.59 Å². The van der Waals surface area contributed by atoms with Crippen LogP contribution in [0.3, 0.4) is 0 Å². The first-order valence-corrected chi connectivity index (χ1v) is 10.1. The number of carbonyl (C=O) groups is 2. The normalized spacial score (nSPS) is 20.9. The Morgan fingerprint density at radius 3 is 2.59 bits per heavy atom. The summed E-state index contributed by atoms with van der Waals surface area (Å²) in [6.45, 7) is 2.70. The van der Waals surface area contributed by atoms with Gasteiger partial charge in [-0.25, -0.2) is 4.98 Å². The van der Waals surface area contributed by atoms with E-state index in [0.717, 1.165) is 18.4 Å². The van der Waals surface area contributed by atoms with Gasteiger partial charge in [0, 0.05) is 38.7 Å². The molecule has 2 aromatic rings. The van der Waals surface area contributed by atoms with Crippen molar-refractivity contribution in [3.63, 3.8) is 0 Å². The first-order chi connectivity index (χ1) is 14.1. The van der Waals surface area contributed by atoms with Crippen LogP contribution in [0.4, 0.5) is 0 Å². The minimum atomic E-state index is -0.113. The fourth-order valence-corrected chi connectivity index (χ4v) is 4.71. The van der Waals surface area contributed by atoms with Gasteiger partial charge in [0.25, 0.3) is 0 Å². The third kappa shape index (κ3) is 4.05. The van der Waals surface area contributed by atoms with E-state index in [2.05, 4.69) is 4.98 Å². The second-order valence-corrected chi connectivity index (χ2v) is 8.04. The molecule has 7 heteroatoms. The van der Waals surface area contributed by atoms with E-state index < -0.39 is 0 Å². The maximum atomic E-state index is 12.8. The van der Waals surface area contributed by atoms with Gasteiger partial charge in [-0.2, -0.15) is 0 Å². The van der Waals surface area contributed by atoms with Crippen molar-refractivity contribution in [1.82, 2.24) is 14.8 Å². The lowest BCUT2D eigenvalue weighted by molar-refractivity contribution is -0.136. The summed E-state index contributed by atoms with van der Waals surface area (Å²) in [6.07, 6.45) is 5.33. The Morgan fingerprint density at radius 1 is 1.17 bits per heavy atom. The zero-order chi connectivity index (χ0) is 20.3. The number of piperidine rings is 1. The van der Waals surface area contributed by atoms with Crippen LogP contribution in [0, 0.1) is 5.41 Å². The van der Waals surface area contributed by atoms with Crippen molar-refractivity contribution in [2.45, 2.75) is 25.2 Å². The molecular weight excluding hydrogens is 370 g/mol. The van der Waals surface area contributed by atoms with Crippen molar-refractivity contribution in [1.29, 1.82) is 0 Å². The monoisotopic (exact) mass is 397 g/mol. The maximum absolute atomic E-state index is 12.8. The van der Waals surface area contributed by atoms with Crippen LogP contribution in [0.1, 0.15) is 30.2 Å². The van der Waals surface area contributed by atoms with Gasteiger partial charge in [0.05, 0.1) is 18.5 Å². The van der Waals surface area contributed by atoms with E-state index in [0.29, 0.717) is 38.5 Å². The number of rotatable bonds is 5. The Morgan fingerprint density at radius 2 is 1.93 bits per heavy atom. The Bertz CT molecular complexity index is 829. The highest BCUT2D eigenvalue weighted by Crippen LogP contribution is 2.49. The zero-order valence-corrected chi connectivity index (χ0v) is 16.8. The molecule has 7 nitrogen and oxygen atoms in total. The van der Waals surface area contributed by atoms with Gasteiger partial charge in [-0.05, 0) is 18.4 Å². The van der Waals surface area contributed by atoms with Crippen molar-refractivity contribution in [2.24, 2.45) is 5.41 Å². The van der Waals surface area contributed by atoms with Crippen molar-refractivity contribution in [3.8, 4) is 0 Å². The average Bonchev–Trinajstić information content (AvgIpc) is 3.38. The molecule has 0 bridgehead atoms. The van der Waals surface area contributed by atoms with Crippen LogP contribution in [0.15, 0.2) is 47.2 Å². The highest BCUT2D eigenvalue weighted by Gasteiger charge is 2.51. The van der Waals surface area contributed by atoms with Crippen LogP contribution in [0.5, 0.6) is 0 Å². The Kier molecular flexibility index (Phi) is 5.67. The van der Waals surface area contributed by atoms with Crippen LogP contribution >= 0.6 is 0 Å². The van der Waals surface area contributed by atoms with E-state index >= 15 is 0 Å². The molecule has 1 spiro atoms. The third-order valence-electron chi connectivity index (χ3n) is 6.33. The molecule has 2 aliphatic heterocycles. The summed E-state index contributed by atoms with van der Waals surface area (Å²) in [7, 11) is 1.53. The van der Waals surface area contributed by atoms with E-state index in [-0.39, 0.29) is 29.8 Å². The molecule has 154 valence electrons. The Balaban J connectivity index is 1.45. The summed E-state index contributed by atoms with van der Waals surface area (Å²) in [6, 6.07) is 9.84. The van der Waals surface area contributed by atoms with E-state index in [1.807, 2.05) is 40.1 Å². The number of hydrogen-bond donors (Lipinski definition) is 0. The molecule has 0 saturated carbocycles. The molecule has 2 amide bonds. The second-order valence-electron chi connectivity index (χ2n) is 8.04. The van der Waals surface area contributed by atoms with Crippen molar-refractivity contribution >= 4 is 11.8 Å². The SMILES string of the molecule is COCC(=O)N1C[C@H](c2ncco2)C2(CCN(C(=O)Cc3ccccc3)CC2)C1. The maximum Gasteiger partial charge on any atom is 0.248 e. The van der Waals surface area contributed by atoms with Gasteiger partial charge in [-0.1, -0.05) is 30.3 Å². The lowest BCUT2D eigenvalue weighted by Crippen LogP contribution is -2.46. The number of likely N-dealkylation sites (tertiary alicyclic amines) is 2. The summed E-state index contributed by atoms with van der Waals surface area (Å²) in [5, 5.41) is 0. The molecule has 4 rings (SSSR count). The molecule has 1 aromatic carbocycles. The summed E-state index contributed by atoms with van der Waals surface area (Å²) < 4.78 is 10.7. The molecule has 0 N–H and O–H groups in total. The number of aromatic nitrogens is 1. The van der Waals surface area contributed by atoms with Gasteiger partial charge in [-0.3, -0.25) is 9.59 Å². The van der Waals surface area contributed by atoms with Gasteiger partial charge in [-0.15, -0.1) is 0 Å². The minimum absolute atomic E-state index is 0.0106. The summed E-state index contributed by atoms with van der Waals surface area (Å²) in [4.78, 5) is 33.4. The van der Waals surface area contributed by atoms with Gasteiger partial charge >= 0.3 is 0 Å². The fraction of sp³-hybridized carbons (Fsp3) is 0.500. The van der Waals surface area contributed by atoms with Gasteiger partial charge in [0.1, 0.15) is 12.9 Å². The largest absolute Gasteiger partial charge is 0.449 e. The summed E-state index contributed by atoms with van der Waals surface area (Å²) in [5.74, 6) is 0.874. The minimum Gasteiger partial charge on any atom is -0.449 e. The number of methoxy groups -OCH3 is 1. The highest BCUT2D eigenvalue weighted by atomic mass is 16.5. The fourth-order valence-electron chi connectivity index (χ4n) is 4.71. The van der Waals surface area contributed by atoms with Crippen molar-refractivity contribution in [2.75, 3.05) is 39.9 Å². The Hall–Kier alpha value is -2.67. The molecule has 1 atom stereocenters.